The lowest BCUT2D eigenvalue weighted by Crippen LogP contribution is -2.06. The van der Waals surface area contributed by atoms with E-state index in [0.29, 0.717) is 32.2 Å². The Bertz CT molecular complexity index is 9570. The summed E-state index contributed by atoms with van der Waals surface area (Å²) in [5.74, 6) is -2.93. The third-order valence-corrected chi connectivity index (χ3v) is 20.2. The summed E-state index contributed by atoms with van der Waals surface area (Å²) in [5.41, 5.74) is -0.579. The van der Waals surface area contributed by atoms with E-state index in [1.165, 1.54) is 4.57 Å². The molecule has 0 fully saturated rings. The van der Waals surface area contributed by atoms with Crippen molar-refractivity contribution in [2.24, 2.45) is 0 Å². The second kappa shape index (κ2) is 23.4. The van der Waals surface area contributed by atoms with Crippen molar-refractivity contribution in [2.45, 2.75) is 0 Å². The summed E-state index contributed by atoms with van der Waals surface area (Å²) in [6.07, 6.45) is 0. The summed E-state index contributed by atoms with van der Waals surface area (Å²) >= 11 is 2.67. The molecule has 22 aromatic rings. The van der Waals surface area contributed by atoms with Crippen LogP contribution in [0.2, 0.25) is 0 Å². The van der Waals surface area contributed by atoms with Crippen LogP contribution in [0.15, 0.2) is 319 Å². The highest BCUT2D eigenvalue weighted by molar-refractivity contribution is 7.26. The maximum absolute atomic E-state index is 9.76. The first-order chi connectivity index (χ1) is 66.8. The van der Waals surface area contributed by atoms with Gasteiger partial charge in [-0.15, -0.1) is 34.0 Å². The number of thiophene rings is 3. The van der Waals surface area contributed by atoms with Gasteiger partial charge in [-0.1, -0.05) is 248 Å². The molecule has 0 saturated heterocycles. The lowest BCUT2D eigenvalue weighted by Gasteiger charge is -2.11. The third-order valence-electron chi connectivity index (χ3n) is 17.1. The number of para-hydroxylation sites is 2. The van der Waals surface area contributed by atoms with Crippen molar-refractivity contribution in [3.63, 3.8) is 0 Å². The lowest BCUT2D eigenvalue weighted by atomic mass is 9.99. The molecule has 0 bridgehead atoms. The Morgan fingerprint density at radius 1 is 0.275 bits per heavy atom. The minimum absolute atomic E-state index is 0.00131. The molecule has 0 atom stereocenters. The summed E-state index contributed by atoms with van der Waals surface area (Å²) in [6, 6.07) is -1.47. The molecule has 0 radical (unpaired) electrons. The maximum atomic E-state index is 9.76. The third kappa shape index (κ3) is 9.34. The first-order valence-electron chi connectivity index (χ1n) is 50.2. The van der Waals surface area contributed by atoms with Crippen LogP contribution in [0.5, 0.6) is 0 Å². The summed E-state index contributed by atoms with van der Waals surface area (Å²) in [6.45, 7) is 0. The number of hydrogen-bond acceptors (Lipinski definition) is 10. The number of aromatic nitrogens is 8. The van der Waals surface area contributed by atoms with Gasteiger partial charge < -0.3 is 4.42 Å². The van der Waals surface area contributed by atoms with Crippen LogP contribution in [-0.4, -0.2) is 39.0 Å². The predicted octanol–water partition coefficient (Wildman–Crippen LogP) is 24.9. The molecule has 0 aliphatic carbocycles. The van der Waals surface area contributed by atoms with Crippen molar-refractivity contribution in [2.75, 3.05) is 0 Å². The lowest BCUT2D eigenvalue weighted by molar-refractivity contribution is 0.669. The SMILES string of the molecule is [2H]c1c([2H])c([2H])c(-c2nc(-c3c([2H])c([2H])c4c(sc5c([2H])c([2H])c([2H])c(-c6ccccc6)c54)c3[2H])nc(-n3c4c([2H])c([2H])c([2H])c([2H])c4c4c([2H])c([2H])c5sc6c([2H])c([2H])c([2H])c([2H])c6c5c43)n2)c([2H])c1[2H].[2H]c1c([2H])c([2H])c(-c2nc(-c3ccc4c(c3)oc3cccc(-c5c([2H])c([2H])c([2H])c([2H])c5[2H])c34)nc(-n3c4c([2H])c([2H])c([2H])c([2H])c4c4ccc5sc6c([2H])c([2H])c([2H])c([2H])c6c5c43)n2)c([2H])c1[2H]. The fourth-order valence-corrected chi connectivity index (χ4v) is 15.8. The normalized spacial score (nSPS) is 17.3. The van der Waals surface area contributed by atoms with Crippen molar-refractivity contribution in [3.8, 4) is 79.7 Å². The van der Waals surface area contributed by atoms with E-state index in [-0.39, 0.29) is 152 Å². The molecule has 8 aromatic heterocycles. The standard InChI is InChI=1S/C45H26N4OS.C45H26N4S2/c1-3-12-27(13-4-1)30-18-11-20-36-40(30)33-23-22-29(26-37(33)50-36)44-46-43(28-14-5-2-6-15-28)47-45(48-44)49-35-19-9-7-16-31(35)32-24-25-39-41(42(32)49)34-17-8-10-21-38(34)51-39;1-3-12-27(13-4-1)30-18-11-21-37-40(30)34-23-22-29(26-39(34)51-37)44-46-43(28-14-5-2-6-15-28)47-45(48-44)49-35-19-9-7-16-31(35)32-24-25-38-41(42(32)49)33-17-8-10-20-36(33)50-38/h2*1-26H/i1D,2D,3D,4D,5D,6D,7D,8D,9D,10D,12D,13D,14D,15D,16D,17D,19D,21D;2D,5D,6D,7D,8D,9D,10D,11D,14D,15D,16D,17D,18D,19D,20D,21D,22D,23D,24D,25D,26D. The van der Waals surface area contributed by atoms with Crippen molar-refractivity contribution < 1.29 is 57.9 Å². The first kappa shape index (κ1) is 31.6. The van der Waals surface area contributed by atoms with E-state index in [0.717, 1.165) is 38.6 Å². The van der Waals surface area contributed by atoms with Gasteiger partial charge in [0.1, 0.15) is 11.2 Å². The van der Waals surface area contributed by atoms with Gasteiger partial charge in [-0.2, -0.15) is 19.9 Å². The molecule has 0 amide bonds. The topological polar surface area (TPSA) is 100 Å². The fraction of sp³-hybridized carbons (Fsp3) is 0. The van der Waals surface area contributed by atoms with Crippen LogP contribution in [0.25, 0.3) is 206 Å². The molecule has 102 heavy (non-hydrogen) atoms. The fourth-order valence-electron chi connectivity index (χ4n) is 12.8. The molecular weight excluding hydrogens is 1310 g/mol. The zero-order chi connectivity index (χ0) is 101. The van der Waals surface area contributed by atoms with Crippen LogP contribution >= 0.6 is 34.0 Å². The van der Waals surface area contributed by atoms with Crippen molar-refractivity contribution in [1.82, 2.24) is 39.0 Å². The molecule has 0 spiro atoms. The van der Waals surface area contributed by atoms with Crippen LogP contribution in [0.1, 0.15) is 53.5 Å². The van der Waals surface area contributed by atoms with E-state index in [2.05, 4.69) is 15.0 Å². The molecule has 12 heteroatoms. The van der Waals surface area contributed by atoms with Gasteiger partial charge in [0.05, 0.1) is 75.5 Å². The van der Waals surface area contributed by atoms with Crippen molar-refractivity contribution in [1.29, 1.82) is 0 Å². The molecule has 476 valence electrons. The van der Waals surface area contributed by atoms with E-state index in [1.807, 2.05) is 0 Å². The number of nitrogens with zero attached hydrogens (tertiary/aromatic N) is 8. The van der Waals surface area contributed by atoms with Crippen LogP contribution in [0.3, 0.4) is 0 Å². The Hall–Kier alpha value is -12.8. The van der Waals surface area contributed by atoms with Crippen LogP contribution < -0.4 is 0 Å². The molecule has 0 saturated carbocycles. The van der Waals surface area contributed by atoms with Crippen LogP contribution in [0.4, 0.5) is 0 Å². The molecule has 8 heterocycles. The highest BCUT2D eigenvalue weighted by Crippen LogP contribution is 2.47. The van der Waals surface area contributed by atoms with Crippen molar-refractivity contribution in [3.05, 3.63) is 315 Å². The zero-order valence-corrected chi connectivity index (χ0v) is 53.7. The Balaban J connectivity index is 0.000000167. The second-order valence-corrected chi connectivity index (χ2v) is 25.8. The van der Waals surface area contributed by atoms with Crippen molar-refractivity contribution >= 4 is 160 Å². The molecular formula is C90H52N8OS3. The average molecular weight is 1400 g/mol. The second-order valence-electron chi connectivity index (χ2n) is 22.7. The van der Waals surface area contributed by atoms with Crippen LogP contribution in [-0.2, 0) is 0 Å². The number of furan rings is 1. The number of hydrogen-bond donors (Lipinski definition) is 0. The molecule has 0 unspecified atom stereocenters. The van der Waals surface area contributed by atoms with Gasteiger partial charge in [0.2, 0.25) is 11.9 Å². The quantitative estimate of drug-likeness (QED) is 0.149. The Morgan fingerprint density at radius 3 is 1.46 bits per heavy atom. The summed E-state index contributed by atoms with van der Waals surface area (Å²) in [4.78, 5) is 28.1. The minimum Gasteiger partial charge on any atom is -0.456 e. The molecule has 0 N–H and O–H groups in total. The summed E-state index contributed by atoms with van der Waals surface area (Å²) in [5, 5.41) is 0.778. The molecule has 0 aliphatic rings. The van der Waals surface area contributed by atoms with Gasteiger partial charge in [0.25, 0.3) is 0 Å². The molecule has 14 aromatic carbocycles. The first-order valence-corrected chi connectivity index (χ1v) is 33.2. The van der Waals surface area contributed by atoms with Crippen LogP contribution in [0, 0.1) is 0 Å². The van der Waals surface area contributed by atoms with Gasteiger partial charge in [0, 0.05) is 115 Å². The smallest absolute Gasteiger partial charge is 0.238 e. The molecule has 9 nitrogen and oxygen atoms in total. The van der Waals surface area contributed by atoms with Gasteiger partial charge in [-0.3, -0.25) is 9.13 Å². The Morgan fingerprint density at radius 2 is 0.784 bits per heavy atom. The number of fused-ring (bicyclic) bond motifs is 20. The van der Waals surface area contributed by atoms with E-state index >= 15 is 0 Å². The largest absolute Gasteiger partial charge is 0.456 e. The summed E-state index contributed by atoms with van der Waals surface area (Å²) < 4.78 is 354. The summed E-state index contributed by atoms with van der Waals surface area (Å²) in [7, 11) is 0. The molecule has 22 rings (SSSR count). The van der Waals surface area contributed by atoms with Gasteiger partial charge in [-0.05, 0) is 88.8 Å². The van der Waals surface area contributed by atoms with Gasteiger partial charge in [-0.25, -0.2) is 9.97 Å². The maximum Gasteiger partial charge on any atom is 0.238 e. The highest BCUT2D eigenvalue weighted by Gasteiger charge is 2.25. The van der Waals surface area contributed by atoms with E-state index in [9.17, 15) is 11.0 Å². The minimum atomic E-state index is -0.812. The van der Waals surface area contributed by atoms with Gasteiger partial charge in [0.15, 0.2) is 23.3 Å². The van der Waals surface area contributed by atoms with Gasteiger partial charge >= 0.3 is 0 Å². The van der Waals surface area contributed by atoms with E-state index in [1.54, 1.807) is 78.9 Å². The monoisotopic (exact) mass is 1400 g/mol. The Labute approximate surface area is 649 Å². The Kier molecular flexibility index (Phi) is 7.24. The number of benzene rings is 14. The number of rotatable bonds is 8. The zero-order valence-electron chi connectivity index (χ0n) is 90.2. The molecule has 0 aliphatic heterocycles. The highest BCUT2D eigenvalue weighted by atomic mass is 32.1. The average Bonchev–Trinajstić information content (AvgIpc) is 1.52. The van der Waals surface area contributed by atoms with E-state index in [4.69, 9.17) is 61.9 Å². The predicted molar refractivity (Wildman–Crippen MR) is 427 cm³/mol. The van der Waals surface area contributed by atoms with E-state index < -0.39 is 257 Å².